The molecule has 7 nitrogen and oxygen atoms in total. The van der Waals surface area contributed by atoms with E-state index in [0.717, 1.165) is 12.1 Å². The first-order valence-corrected chi connectivity index (χ1v) is 6.39. The molecule has 23 heavy (non-hydrogen) atoms. The van der Waals surface area contributed by atoms with Crippen molar-refractivity contribution >= 4 is 17.9 Å². The standard InChI is InChI=1S/C14H14F2O7/c1-2-21-8-23-12(18)10-5-3-9(4-6-10)11(17)22-7-14(15,16)13(19)20/h3-6H,2,7-8H2,1H3,(H,19,20)/p-1. The zero-order chi connectivity index (χ0) is 17.5. The molecule has 0 spiro atoms. The van der Waals surface area contributed by atoms with Crippen molar-refractivity contribution in [2.75, 3.05) is 20.0 Å². The normalized spacial score (nSPS) is 10.9. The van der Waals surface area contributed by atoms with E-state index in [4.69, 9.17) is 9.47 Å². The Balaban J connectivity index is 2.60. The highest BCUT2D eigenvalue weighted by Crippen LogP contribution is 2.14. The molecule has 126 valence electrons. The van der Waals surface area contributed by atoms with Gasteiger partial charge in [-0.05, 0) is 31.2 Å². The molecule has 1 aromatic carbocycles. The van der Waals surface area contributed by atoms with E-state index >= 15 is 0 Å². The third-order valence-electron chi connectivity index (χ3n) is 2.52. The number of carboxylic acids is 1. The zero-order valence-electron chi connectivity index (χ0n) is 12.0. The number of carbonyl (C=O) groups is 3. The van der Waals surface area contributed by atoms with Gasteiger partial charge in [-0.25, -0.2) is 9.59 Å². The van der Waals surface area contributed by atoms with Gasteiger partial charge in [0.15, 0.2) is 13.4 Å². The van der Waals surface area contributed by atoms with Crippen molar-refractivity contribution < 1.29 is 42.5 Å². The summed E-state index contributed by atoms with van der Waals surface area (Å²) in [7, 11) is 0. The van der Waals surface area contributed by atoms with E-state index in [1.54, 1.807) is 6.92 Å². The Morgan fingerprint density at radius 3 is 1.96 bits per heavy atom. The minimum absolute atomic E-state index is 0.112. The van der Waals surface area contributed by atoms with Crippen LogP contribution in [0.1, 0.15) is 27.6 Å². The third-order valence-corrected chi connectivity index (χ3v) is 2.52. The van der Waals surface area contributed by atoms with Crippen LogP contribution in [0.5, 0.6) is 0 Å². The van der Waals surface area contributed by atoms with Crippen LogP contribution >= 0.6 is 0 Å². The van der Waals surface area contributed by atoms with Gasteiger partial charge >= 0.3 is 17.9 Å². The van der Waals surface area contributed by atoms with Gasteiger partial charge in [-0.2, -0.15) is 8.78 Å². The summed E-state index contributed by atoms with van der Waals surface area (Å²) in [6.07, 6.45) is 0. The SMILES string of the molecule is CCOCOC(=O)c1ccc(C(=O)OCC(F)(F)C(=O)[O-])cc1. The summed E-state index contributed by atoms with van der Waals surface area (Å²) in [6.45, 7) is 0.219. The molecule has 0 fully saturated rings. The maximum absolute atomic E-state index is 12.7. The maximum Gasteiger partial charge on any atom is 0.340 e. The average Bonchev–Trinajstić information content (AvgIpc) is 2.52. The van der Waals surface area contributed by atoms with Gasteiger partial charge in [0.2, 0.25) is 0 Å². The predicted octanol–water partition coefficient (Wildman–Crippen LogP) is 0.379. The summed E-state index contributed by atoms with van der Waals surface area (Å²) in [5.74, 6) is -8.78. The van der Waals surface area contributed by atoms with Crippen molar-refractivity contribution in [2.24, 2.45) is 0 Å². The van der Waals surface area contributed by atoms with E-state index in [9.17, 15) is 28.3 Å². The number of aliphatic carboxylic acids is 1. The molecule has 0 atom stereocenters. The number of carbonyl (C=O) groups excluding carboxylic acids is 3. The van der Waals surface area contributed by atoms with Gasteiger partial charge < -0.3 is 24.1 Å². The monoisotopic (exact) mass is 331 g/mol. The van der Waals surface area contributed by atoms with E-state index in [-0.39, 0.29) is 17.9 Å². The summed E-state index contributed by atoms with van der Waals surface area (Å²) in [4.78, 5) is 33.1. The highest BCUT2D eigenvalue weighted by molar-refractivity contribution is 5.93. The molecule has 0 aromatic heterocycles. The summed E-state index contributed by atoms with van der Waals surface area (Å²) < 4.78 is 39.2. The molecular weight excluding hydrogens is 318 g/mol. The van der Waals surface area contributed by atoms with Crippen LogP contribution in [-0.4, -0.2) is 43.8 Å². The second kappa shape index (κ2) is 8.18. The highest BCUT2D eigenvalue weighted by atomic mass is 19.3. The molecule has 1 rings (SSSR count). The Morgan fingerprint density at radius 2 is 1.52 bits per heavy atom. The molecule has 9 heteroatoms. The number of hydrogen-bond acceptors (Lipinski definition) is 7. The molecule has 0 radical (unpaired) electrons. The quantitative estimate of drug-likeness (QED) is 0.385. The summed E-state index contributed by atoms with van der Waals surface area (Å²) in [5.41, 5.74) is -0.0261. The van der Waals surface area contributed by atoms with Gasteiger partial charge in [0.1, 0.15) is 5.97 Å². The fourth-order valence-corrected chi connectivity index (χ4v) is 1.30. The molecule has 0 aliphatic rings. The first-order valence-electron chi connectivity index (χ1n) is 6.39. The van der Waals surface area contributed by atoms with Crippen molar-refractivity contribution in [1.82, 2.24) is 0 Å². The van der Waals surface area contributed by atoms with Gasteiger partial charge in [-0.1, -0.05) is 0 Å². The Bertz CT molecular complexity index is 569. The molecule has 0 N–H and O–H groups in total. The van der Waals surface area contributed by atoms with Crippen molar-refractivity contribution in [1.29, 1.82) is 0 Å². The molecule has 0 heterocycles. The van der Waals surface area contributed by atoms with Crippen LogP contribution < -0.4 is 5.11 Å². The Labute approximate surface area is 129 Å². The van der Waals surface area contributed by atoms with E-state index < -0.39 is 30.4 Å². The van der Waals surface area contributed by atoms with Gasteiger partial charge in [0.25, 0.3) is 0 Å². The number of rotatable bonds is 8. The summed E-state index contributed by atoms with van der Waals surface area (Å²) in [5, 5.41) is 10.1. The van der Waals surface area contributed by atoms with Gasteiger partial charge in [0.05, 0.1) is 11.1 Å². The third kappa shape index (κ3) is 5.62. The lowest BCUT2D eigenvalue weighted by atomic mass is 10.1. The maximum atomic E-state index is 12.7. The number of esters is 2. The summed E-state index contributed by atoms with van der Waals surface area (Å²) >= 11 is 0. The van der Waals surface area contributed by atoms with Crippen LogP contribution in [0.2, 0.25) is 0 Å². The second-order valence-corrected chi connectivity index (χ2v) is 4.19. The van der Waals surface area contributed by atoms with E-state index in [1.807, 2.05) is 0 Å². The number of hydrogen-bond donors (Lipinski definition) is 0. The first kappa shape index (κ1) is 18.5. The van der Waals surface area contributed by atoms with E-state index in [0.29, 0.717) is 6.61 Å². The van der Waals surface area contributed by atoms with E-state index in [2.05, 4.69) is 4.74 Å². The average molecular weight is 331 g/mol. The Hall–Kier alpha value is -2.55. The lowest BCUT2D eigenvalue weighted by molar-refractivity contribution is -0.331. The smallest absolute Gasteiger partial charge is 0.340 e. The molecule has 0 saturated carbocycles. The number of halogens is 2. The molecule has 0 unspecified atom stereocenters. The van der Waals surface area contributed by atoms with Crippen LogP contribution in [0.25, 0.3) is 0 Å². The van der Waals surface area contributed by atoms with E-state index in [1.165, 1.54) is 12.1 Å². The highest BCUT2D eigenvalue weighted by Gasteiger charge is 2.33. The fraction of sp³-hybridized carbons (Fsp3) is 0.357. The predicted molar refractivity (Wildman–Crippen MR) is 68.6 cm³/mol. The zero-order valence-corrected chi connectivity index (χ0v) is 12.0. The van der Waals surface area contributed by atoms with Gasteiger partial charge in [-0.15, -0.1) is 0 Å². The van der Waals surface area contributed by atoms with Crippen LogP contribution in [0.3, 0.4) is 0 Å². The number of ether oxygens (including phenoxy) is 3. The van der Waals surface area contributed by atoms with Crippen LogP contribution in [0, 0.1) is 0 Å². The molecule has 0 bridgehead atoms. The Kier molecular flexibility index (Phi) is 6.58. The molecule has 0 aliphatic carbocycles. The molecule has 0 aliphatic heterocycles. The second-order valence-electron chi connectivity index (χ2n) is 4.19. The topological polar surface area (TPSA) is 102 Å². The van der Waals surface area contributed by atoms with Crippen LogP contribution in [-0.2, 0) is 19.0 Å². The molecular formula is C14H13F2O7-. The summed E-state index contributed by atoms with van der Waals surface area (Å²) in [6, 6.07) is 4.75. The minimum Gasteiger partial charge on any atom is -0.544 e. The fourth-order valence-electron chi connectivity index (χ4n) is 1.30. The van der Waals surface area contributed by atoms with Crippen molar-refractivity contribution in [3.8, 4) is 0 Å². The van der Waals surface area contributed by atoms with Gasteiger partial charge in [0, 0.05) is 6.61 Å². The van der Waals surface area contributed by atoms with Crippen molar-refractivity contribution in [3.05, 3.63) is 35.4 Å². The largest absolute Gasteiger partial charge is 0.544 e. The number of benzene rings is 1. The van der Waals surface area contributed by atoms with Crippen LogP contribution in [0.4, 0.5) is 8.78 Å². The molecule has 0 saturated heterocycles. The molecule has 0 amide bonds. The number of alkyl halides is 2. The first-order chi connectivity index (χ1) is 10.8. The lowest BCUT2D eigenvalue weighted by Gasteiger charge is -2.16. The van der Waals surface area contributed by atoms with Crippen molar-refractivity contribution in [3.63, 3.8) is 0 Å². The Morgan fingerprint density at radius 1 is 1.04 bits per heavy atom. The van der Waals surface area contributed by atoms with Crippen LogP contribution in [0.15, 0.2) is 24.3 Å². The van der Waals surface area contributed by atoms with Crippen molar-refractivity contribution in [2.45, 2.75) is 12.8 Å². The minimum atomic E-state index is -4.28. The lowest BCUT2D eigenvalue weighted by Crippen LogP contribution is -2.45. The number of carboxylic acid groups (broad SMARTS) is 1. The molecule has 1 aromatic rings. The van der Waals surface area contributed by atoms with Gasteiger partial charge in [-0.3, -0.25) is 0 Å².